The lowest BCUT2D eigenvalue weighted by molar-refractivity contribution is -0.143. The van der Waals surface area contributed by atoms with Crippen molar-refractivity contribution in [1.82, 2.24) is 4.90 Å². The molecule has 23 heavy (non-hydrogen) atoms. The summed E-state index contributed by atoms with van der Waals surface area (Å²) in [5, 5.41) is 11.4. The van der Waals surface area contributed by atoms with Crippen molar-refractivity contribution in [2.45, 2.75) is 25.8 Å². The fraction of sp³-hybridized carbons (Fsp3) is 0.389. The average Bonchev–Trinajstić information content (AvgIpc) is 2.96. The van der Waals surface area contributed by atoms with E-state index in [1.807, 2.05) is 0 Å². The van der Waals surface area contributed by atoms with Gasteiger partial charge in [0.2, 0.25) is 0 Å². The second-order valence-corrected chi connectivity index (χ2v) is 7.99. The standard InChI is InChI=1S/C18H20BrNO2S/c1-12-10-16(23-11-12)17(13-2-4-15(19)5-3-13)20-8-6-14(7-9-20)18(21)22/h2-5,10-11,14,17H,6-9H2,1H3,(H,21,22). The number of halogens is 1. The molecular weight excluding hydrogens is 374 g/mol. The topological polar surface area (TPSA) is 40.5 Å². The highest BCUT2D eigenvalue weighted by atomic mass is 79.9. The number of carbonyl (C=O) groups is 1. The fourth-order valence-electron chi connectivity index (χ4n) is 3.20. The molecule has 1 unspecified atom stereocenters. The van der Waals surface area contributed by atoms with Crippen molar-refractivity contribution in [3.8, 4) is 0 Å². The number of aryl methyl sites for hydroxylation is 1. The first-order valence-corrected chi connectivity index (χ1v) is 9.49. The van der Waals surface area contributed by atoms with Crippen LogP contribution in [0, 0.1) is 12.8 Å². The third kappa shape index (κ3) is 3.84. The summed E-state index contributed by atoms with van der Waals surface area (Å²) < 4.78 is 1.08. The van der Waals surface area contributed by atoms with Crippen molar-refractivity contribution < 1.29 is 9.90 Å². The third-order valence-electron chi connectivity index (χ3n) is 4.45. The quantitative estimate of drug-likeness (QED) is 0.817. The Balaban J connectivity index is 1.87. The van der Waals surface area contributed by atoms with Crippen LogP contribution in [0.2, 0.25) is 0 Å². The van der Waals surface area contributed by atoms with Crippen LogP contribution in [-0.4, -0.2) is 29.1 Å². The zero-order valence-electron chi connectivity index (χ0n) is 13.0. The monoisotopic (exact) mass is 393 g/mol. The molecule has 1 N–H and O–H groups in total. The number of thiophene rings is 1. The Hall–Kier alpha value is -1.17. The molecule has 0 radical (unpaired) electrons. The van der Waals surface area contributed by atoms with Crippen LogP contribution in [0.3, 0.4) is 0 Å². The van der Waals surface area contributed by atoms with Gasteiger partial charge in [-0.3, -0.25) is 9.69 Å². The number of benzene rings is 1. The number of aliphatic carboxylic acids is 1. The summed E-state index contributed by atoms with van der Waals surface area (Å²) in [6.07, 6.45) is 1.46. The van der Waals surface area contributed by atoms with Gasteiger partial charge in [0.15, 0.2) is 0 Å². The third-order valence-corrected chi connectivity index (χ3v) is 6.08. The van der Waals surface area contributed by atoms with E-state index in [9.17, 15) is 9.90 Å². The van der Waals surface area contributed by atoms with Crippen LogP contribution in [-0.2, 0) is 4.79 Å². The molecule has 1 aliphatic rings. The Labute approximate surface area is 149 Å². The number of hydrogen-bond acceptors (Lipinski definition) is 3. The van der Waals surface area contributed by atoms with Gasteiger partial charge in [0, 0.05) is 9.35 Å². The summed E-state index contributed by atoms with van der Waals surface area (Å²) in [5.74, 6) is -0.848. The number of piperidine rings is 1. The molecule has 1 aromatic heterocycles. The maximum Gasteiger partial charge on any atom is 0.306 e. The first kappa shape index (κ1) is 16.7. The summed E-state index contributed by atoms with van der Waals surface area (Å²) in [6.45, 7) is 3.78. The first-order valence-electron chi connectivity index (χ1n) is 7.82. The lowest BCUT2D eigenvalue weighted by atomic mass is 9.93. The van der Waals surface area contributed by atoms with Gasteiger partial charge in [-0.1, -0.05) is 28.1 Å². The molecule has 1 aliphatic heterocycles. The highest BCUT2D eigenvalue weighted by molar-refractivity contribution is 9.10. The summed E-state index contributed by atoms with van der Waals surface area (Å²) in [6, 6.07) is 10.9. The molecule has 122 valence electrons. The van der Waals surface area contributed by atoms with E-state index >= 15 is 0 Å². The Kier molecular flexibility index (Phi) is 5.19. The number of carboxylic acids is 1. The molecule has 1 atom stereocenters. The molecule has 0 amide bonds. The molecule has 1 saturated heterocycles. The largest absolute Gasteiger partial charge is 0.481 e. The van der Waals surface area contributed by atoms with E-state index in [1.165, 1.54) is 16.0 Å². The number of likely N-dealkylation sites (tertiary alicyclic amines) is 1. The van der Waals surface area contributed by atoms with E-state index in [0.29, 0.717) is 0 Å². The predicted molar refractivity (Wildman–Crippen MR) is 97.0 cm³/mol. The summed E-state index contributed by atoms with van der Waals surface area (Å²) >= 11 is 5.29. The van der Waals surface area contributed by atoms with Crippen molar-refractivity contribution in [3.05, 3.63) is 56.2 Å². The smallest absolute Gasteiger partial charge is 0.306 e. The van der Waals surface area contributed by atoms with Gasteiger partial charge in [-0.05, 0) is 67.6 Å². The number of hydrogen-bond donors (Lipinski definition) is 1. The van der Waals surface area contributed by atoms with Gasteiger partial charge >= 0.3 is 5.97 Å². The first-order chi connectivity index (χ1) is 11.0. The average molecular weight is 394 g/mol. The van der Waals surface area contributed by atoms with Crippen LogP contribution >= 0.6 is 27.3 Å². The minimum Gasteiger partial charge on any atom is -0.481 e. The zero-order valence-corrected chi connectivity index (χ0v) is 15.4. The van der Waals surface area contributed by atoms with E-state index in [-0.39, 0.29) is 12.0 Å². The molecule has 3 rings (SSSR count). The molecule has 0 aliphatic carbocycles. The Bertz CT molecular complexity index is 675. The molecule has 0 spiro atoms. The Morgan fingerprint density at radius 2 is 1.96 bits per heavy atom. The zero-order chi connectivity index (χ0) is 16.4. The summed E-state index contributed by atoms with van der Waals surface area (Å²) in [7, 11) is 0. The van der Waals surface area contributed by atoms with Crippen LogP contribution in [0.4, 0.5) is 0 Å². The van der Waals surface area contributed by atoms with Crippen molar-refractivity contribution in [1.29, 1.82) is 0 Å². The fourth-order valence-corrected chi connectivity index (χ4v) is 4.52. The second-order valence-electron chi connectivity index (χ2n) is 6.13. The summed E-state index contributed by atoms with van der Waals surface area (Å²) in [4.78, 5) is 14.9. The van der Waals surface area contributed by atoms with E-state index in [4.69, 9.17) is 0 Å². The lowest BCUT2D eigenvalue weighted by Crippen LogP contribution is -2.39. The Morgan fingerprint density at radius 1 is 1.30 bits per heavy atom. The number of carboxylic acid groups (broad SMARTS) is 1. The molecule has 5 heteroatoms. The van der Waals surface area contributed by atoms with Gasteiger partial charge in [-0.15, -0.1) is 11.3 Å². The van der Waals surface area contributed by atoms with Gasteiger partial charge in [0.25, 0.3) is 0 Å². The minimum absolute atomic E-state index is 0.193. The molecule has 2 heterocycles. The highest BCUT2D eigenvalue weighted by Gasteiger charge is 2.30. The van der Waals surface area contributed by atoms with Gasteiger partial charge in [-0.25, -0.2) is 0 Å². The minimum atomic E-state index is -0.656. The highest BCUT2D eigenvalue weighted by Crippen LogP contribution is 2.36. The van der Waals surface area contributed by atoms with Crippen LogP contribution in [0.1, 0.15) is 34.9 Å². The van der Waals surface area contributed by atoms with E-state index < -0.39 is 5.97 Å². The van der Waals surface area contributed by atoms with Crippen molar-refractivity contribution in [2.75, 3.05) is 13.1 Å². The van der Waals surface area contributed by atoms with Crippen molar-refractivity contribution in [3.63, 3.8) is 0 Å². The number of nitrogens with zero attached hydrogens (tertiary/aromatic N) is 1. The maximum absolute atomic E-state index is 11.2. The van der Waals surface area contributed by atoms with Gasteiger partial charge in [-0.2, -0.15) is 0 Å². The molecule has 0 bridgehead atoms. The normalized spacial score (nSPS) is 18.0. The Morgan fingerprint density at radius 3 is 2.48 bits per heavy atom. The van der Waals surface area contributed by atoms with Gasteiger partial charge in [0.05, 0.1) is 12.0 Å². The van der Waals surface area contributed by atoms with Gasteiger partial charge in [0.1, 0.15) is 0 Å². The van der Waals surface area contributed by atoms with Crippen LogP contribution in [0.25, 0.3) is 0 Å². The SMILES string of the molecule is Cc1csc(C(c2ccc(Br)cc2)N2CCC(C(=O)O)CC2)c1. The van der Waals surface area contributed by atoms with Crippen LogP contribution < -0.4 is 0 Å². The van der Waals surface area contributed by atoms with Crippen LogP contribution in [0.15, 0.2) is 40.2 Å². The molecule has 3 nitrogen and oxygen atoms in total. The second kappa shape index (κ2) is 7.16. The summed E-state index contributed by atoms with van der Waals surface area (Å²) in [5.41, 5.74) is 2.55. The van der Waals surface area contributed by atoms with E-state index in [2.05, 4.69) is 63.5 Å². The molecule has 1 fully saturated rings. The molecule has 2 aromatic rings. The van der Waals surface area contributed by atoms with Crippen LogP contribution in [0.5, 0.6) is 0 Å². The predicted octanol–water partition coefficient (Wildman–Crippen LogP) is 4.71. The van der Waals surface area contributed by atoms with Gasteiger partial charge < -0.3 is 5.11 Å². The van der Waals surface area contributed by atoms with E-state index in [0.717, 1.165) is 30.4 Å². The van der Waals surface area contributed by atoms with Crippen molar-refractivity contribution in [2.24, 2.45) is 5.92 Å². The maximum atomic E-state index is 11.2. The molecule has 1 aromatic carbocycles. The van der Waals surface area contributed by atoms with E-state index in [1.54, 1.807) is 11.3 Å². The number of rotatable bonds is 4. The van der Waals surface area contributed by atoms with Crippen molar-refractivity contribution >= 4 is 33.2 Å². The molecule has 0 saturated carbocycles. The molecular formula is C18H20BrNO2S. The lowest BCUT2D eigenvalue weighted by Gasteiger charge is -2.36.